The van der Waals surface area contributed by atoms with Crippen LogP contribution < -0.4 is 14.8 Å². The molecule has 0 saturated heterocycles. The average molecular weight is 405 g/mol. The molecule has 29 heavy (non-hydrogen) atoms. The minimum absolute atomic E-state index is 0.104. The van der Waals surface area contributed by atoms with Crippen molar-refractivity contribution in [3.8, 4) is 11.5 Å². The maximum Gasteiger partial charge on any atom is 0.255 e. The summed E-state index contributed by atoms with van der Waals surface area (Å²) < 4.78 is 63.7. The number of benzene rings is 3. The van der Waals surface area contributed by atoms with Gasteiger partial charge in [0.15, 0.2) is 17.4 Å². The number of amides is 1. The molecule has 0 aliphatic heterocycles. The van der Waals surface area contributed by atoms with Gasteiger partial charge < -0.3 is 14.8 Å². The molecule has 0 saturated carbocycles. The second kappa shape index (κ2) is 8.64. The van der Waals surface area contributed by atoms with Crippen molar-refractivity contribution in [1.29, 1.82) is 0 Å². The van der Waals surface area contributed by atoms with Crippen LogP contribution in [0, 0.1) is 23.3 Å². The summed E-state index contributed by atoms with van der Waals surface area (Å²) in [6.45, 7) is -0.356. The van der Waals surface area contributed by atoms with Gasteiger partial charge in [-0.1, -0.05) is 24.3 Å². The Labute approximate surface area is 163 Å². The molecule has 0 aliphatic rings. The van der Waals surface area contributed by atoms with E-state index in [0.29, 0.717) is 22.6 Å². The van der Waals surface area contributed by atoms with E-state index in [2.05, 4.69) is 5.32 Å². The standard InChI is InChI=1S/C21H15F4NO3/c1-28-17-5-3-2-4-16(17)26-21(27)13-8-6-12(7-9-13)11-29-20-18(24)14(22)10-15(23)19(20)25/h2-10H,11H2,1H3,(H,26,27). The van der Waals surface area contributed by atoms with Gasteiger partial charge in [-0.25, -0.2) is 8.78 Å². The molecular weight excluding hydrogens is 390 g/mol. The van der Waals surface area contributed by atoms with Gasteiger partial charge in [-0.3, -0.25) is 4.79 Å². The van der Waals surface area contributed by atoms with Crippen LogP contribution in [0.1, 0.15) is 15.9 Å². The summed E-state index contributed by atoms with van der Waals surface area (Å²) in [5.41, 5.74) is 1.24. The lowest BCUT2D eigenvalue weighted by Crippen LogP contribution is -2.12. The van der Waals surface area contributed by atoms with E-state index in [1.807, 2.05) is 0 Å². The van der Waals surface area contributed by atoms with E-state index in [4.69, 9.17) is 9.47 Å². The van der Waals surface area contributed by atoms with Crippen molar-refractivity contribution in [2.75, 3.05) is 12.4 Å². The maximum absolute atomic E-state index is 13.6. The van der Waals surface area contributed by atoms with E-state index >= 15 is 0 Å². The van der Waals surface area contributed by atoms with Crippen LogP contribution in [0.25, 0.3) is 0 Å². The first-order chi connectivity index (χ1) is 13.9. The maximum atomic E-state index is 13.6. The van der Waals surface area contributed by atoms with E-state index in [1.54, 1.807) is 24.3 Å². The summed E-state index contributed by atoms with van der Waals surface area (Å²) in [6.07, 6.45) is 0. The van der Waals surface area contributed by atoms with E-state index in [9.17, 15) is 22.4 Å². The molecule has 0 heterocycles. The van der Waals surface area contributed by atoms with E-state index in [-0.39, 0.29) is 12.7 Å². The molecule has 8 heteroatoms. The van der Waals surface area contributed by atoms with Crippen LogP contribution in [0.2, 0.25) is 0 Å². The van der Waals surface area contributed by atoms with Crippen LogP contribution in [0.15, 0.2) is 54.6 Å². The molecule has 3 aromatic carbocycles. The minimum atomic E-state index is -1.61. The Morgan fingerprint density at radius 3 is 2.17 bits per heavy atom. The van der Waals surface area contributed by atoms with Crippen molar-refractivity contribution in [3.05, 3.63) is 89.0 Å². The molecular formula is C21H15F4NO3. The fourth-order valence-corrected chi connectivity index (χ4v) is 2.53. The minimum Gasteiger partial charge on any atom is -0.495 e. The second-order valence-electron chi connectivity index (χ2n) is 5.94. The molecule has 0 fully saturated rings. The van der Waals surface area contributed by atoms with Crippen LogP contribution in [0.5, 0.6) is 11.5 Å². The fraction of sp³-hybridized carbons (Fsp3) is 0.0952. The first kappa shape index (κ1) is 20.2. The number of hydrogen-bond donors (Lipinski definition) is 1. The zero-order valence-corrected chi connectivity index (χ0v) is 15.1. The summed E-state index contributed by atoms with van der Waals surface area (Å²) in [5, 5.41) is 2.70. The number of methoxy groups -OCH3 is 1. The van der Waals surface area contributed by atoms with Crippen molar-refractivity contribution in [3.63, 3.8) is 0 Å². The Morgan fingerprint density at radius 1 is 0.931 bits per heavy atom. The predicted molar refractivity (Wildman–Crippen MR) is 98.0 cm³/mol. The number of carbonyl (C=O) groups is 1. The van der Waals surface area contributed by atoms with Crippen LogP contribution >= 0.6 is 0 Å². The molecule has 0 radical (unpaired) electrons. The highest BCUT2D eigenvalue weighted by atomic mass is 19.2. The lowest BCUT2D eigenvalue weighted by molar-refractivity contribution is 0.102. The smallest absolute Gasteiger partial charge is 0.255 e. The van der Waals surface area contributed by atoms with Gasteiger partial charge in [0.2, 0.25) is 11.6 Å². The highest BCUT2D eigenvalue weighted by molar-refractivity contribution is 6.05. The topological polar surface area (TPSA) is 47.6 Å². The van der Waals surface area contributed by atoms with Gasteiger partial charge >= 0.3 is 0 Å². The van der Waals surface area contributed by atoms with Crippen molar-refractivity contribution in [2.45, 2.75) is 6.61 Å². The molecule has 0 spiro atoms. The Balaban J connectivity index is 1.69. The average Bonchev–Trinajstić information content (AvgIpc) is 2.73. The lowest BCUT2D eigenvalue weighted by Gasteiger charge is -2.11. The molecule has 0 bridgehead atoms. The number of rotatable bonds is 6. The third kappa shape index (κ3) is 4.48. The molecule has 1 N–H and O–H groups in total. The number of hydrogen-bond acceptors (Lipinski definition) is 3. The number of ether oxygens (including phenoxy) is 2. The van der Waals surface area contributed by atoms with Crippen molar-refractivity contribution < 1.29 is 31.8 Å². The van der Waals surface area contributed by atoms with E-state index in [1.165, 1.54) is 31.4 Å². The first-order valence-corrected chi connectivity index (χ1v) is 8.39. The zero-order valence-electron chi connectivity index (χ0n) is 15.1. The highest BCUT2D eigenvalue weighted by Crippen LogP contribution is 2.27. The fourth-order valence-electron chi connectivity index (χ4n) is 2.53. The van der Waals surface area contributed by atoms with Gasteiger partial charge in [0.05, 0.1) is 12.8 Å². The van der Waals surface area contributed by atoms with Crippen molar-refractivity contribution in [2.24, 2.45) is 0 Å². The summed E-state index contributed by atoms with van der Waals surface area (Å²) in [5.74, 6) is -7.37. The van der Waals surface area contributed by atoms with Gasteiger partial charge in [0, 0.05) is 11.6 Å². The summed E-state index contributed by atoms with van der Waals surface area (Å²) in [4.78, 5) is 12.4. The summed E-state index contributed by atoms with van der Waals surface area (Å²) in [6, 6.07) is 12.9. The lowest BCUT2D eigenvalue weighted by atomic mass is 10.1. The monoisotopic (exact) mass is 405 g/mol. The van der Waals surface area contributed by atoms with Gasteiger partial charge in [0.25, 0.3) is 5.91 Å². The third-order valence-corrected chi connectivity index (χ3v) is 4.03. The van der Waals surface area contributed by atoms with Gasteiger partial charge in [0.1, 0.15) is 12.4 Å². The molecule has 0 aliphatic carbocycles. The van der Waals surface area contributed by atoms with Crippen LogP contribution in [-0.2, 0) is 6.61 Å². The number of para-hydroxylation sites is 2. The molecule has 150 valence electrons. The highest BCUT2D eigenvalue weighted by Gasteiger charge is 2.20. The molecule has 1 amide bonds. The number of carbonyl (C=O) groups excluding carboxylic acids is 1. The molecule has 3 rings (SSSR count). The Hall–Kier alpha value is -3.55. The quantitative estimate of drug-likeness (QED) is 0.460. The Morgan fingerprint density at radius 2 is 1.55 bits per heavy atom. The zero-order chi connectivity index (χ0) is 21.0. The Kier molecular flexibility index (Phi) is 6.01. The van der Waals surface area contributed by atoms with Crippen LogP contribution in [0.4, 0.5) is 23.2 Å². The van der Waals surface area contributed by atoms with Crippen molar-refractivity contribution in [1.82, 2.24) is 0 Å². The van der Waals surface area contributed by atoms with E-state index < -0.39 is 34.9 Å². The number of anilines is 1. The normalized spacial score (nSPS) is 10.5. The van der Waals surface area contributed by atoms with Gasteiger partial charge in [-0.15, -0.1) is 0 Å². The number of nitrogens with one attached hydrogen (secondary N) is 1. The second-order valence-corrected chi connectivity index (χ2v) is 5.94. The van der Waals surface area contributed by atoms with Gasteiger partial charge in [-0.05, 0) is 29.8 Å². The molecule has 3 aromatic rings. The summed E-state index contributed by atoms with van der Waals surface area (Å²) in [7, 11) is 1.48. The number of halogens is 4. The largest absolute Gasteiger partial charge is 0.495 e. The SMILES string of the molecule is COc1ccccc1NC(=O)c1ccc(COc2c(F)c(F)cc(F)c2F)cc1. The predicted octanol–water partition coefficient (Wildman–Crippen LogP) is 5.08. The molecule has 0 aromatic heterocycles. The van der Waals surface area contributed by atoms with Crippen LogP contribution in [0.3, 0.4) is 0 Å². The third-order valence-electron chi connectivity index (χ3n) is 4.03. The summed E-state index contributed by atoms with van der Waals surface area (Å²) >= 11 is 0. The van der Waals surface area contributed by atoms with E-state index in [0.717, 1.165) is 0 Å². The van der Waals surface area contributed by atoms with Crippen molar-refractivity contribution >= 4 is 11.6 Å². The molecule has 4 nitrogen and oxygen atoms in total. The van der Waals surface area contributed by atoms with Crippen LogP contribution in [-0.4, -0.2) is 13.0 Å². The van der Waals surface area contributed by atoms with Gasteiger partial charge in [-0.2, -0.15) is 8.78 Å². The first-order valence-electron chi connectivity index (χ1n) is 8.39. The molecule has 0 atom stereocenters. The molecule has 0 unspecified atom stereocenters. The Bertz CT molecular complexity index is 1010.